The SMILES string of the molecule is C[C@@H]1C[C@H](C(F)(F)F)n2nc(C3CCCN3C(=O)Cn3cccn3)cc2N1.O=C(O)CC(O)(CC(=O)O)C(=O)O. The molecule has 1 saturated heterocycles. The fourth-order valence-corrected chi connectivity index (χ4v) is 4.65. The minimum absolute atomic E-state index is 0.0652. The molecule has 17 heteroatoms. The van der Waals surface area contributed by atoms with Crippen LogP contribution in [0.4, 0.5) is 19.0 Å². The highest BCUT2D eigenvalue weighted by atomic mass is 19.4. The van der Waals surface area contributed by atoms with Crippen LogP contribution >= 0.6 is 0 Å². The first-order valence-corrected chi connectivity index (χ1v) is 12.2. The lowest BCUT2D eigenvalue weighted by atomic mass is 9.96. The topological polar surface area (TPSA) is 200 Å². The Kier molecular flexibility index (Phi) is 9.07. The molecule has 0 saturated carbocycles. The van der Waals surface area contributed by atoms with Crippen molar-refractivity contribution >= 4 is 29.6 Å². The number of carbonyl (C=O) groups excluding carboxylic acids is 1. The van der Waals surface area contributed by atoms with E-state index in [1.165, 1.54) is 0 Å². The molecule has 2 aliphatic heterocycles. The van der Waals surface area contributed by atoms with Gasteiger partial charge in [0.25, 0.3) is 0 Å². The highest BCUT2D eigenvalue weighted by molar-refractivity contribution is 5.88. The molecule has 0 aliphatic carbocycles. The molecular formula is C23H29F3N6O8. The summed E-state index contributed by atoms with van der Waals surface area (Å²) in [4.78, 5) is 44.8. The second-order valence-electron chi connectivity index (χ2n) is 9.66. The van der Waals surface area contributed by atoms with Gasteiger partial charge in [0.15, 0.2) is 11.6 Å². The van der Waals surface area contributed by atoms with Crippen LogP contribution in [0.3, 0.4) is 0 Å². The average Bonchev–Trinajstić information content (AvgIpc) is 3.57. The van der Waals surface area contributed by atoms with E-state index in [4.69, 9.17) is 20.4 Å². The molecule has 4 heterocycles. The third kappa shape index (κ3) is 7.28. The second kappa shape index (κ2) is 11.9. The van der Waals surface area contributed by atoms with Crippen LogP contribution in [0, 0.1) is 0 Å². The van der Waals surface area contributed by atoms with Gasteiger partial charge in [0.05, 0.1) is 24.6 Å². The summed E-state index contributed by atoms with van der Waals surface area (Å²) in [6, 6.07) is 1.14. The number of alkyl halides is 3. The predicted molar refractivity (Wildman–Crippen MR) is 128 cm³/mol. The lowest BCUT2D eigenvalue weighted by molar-refractivity contribution is -0.173. The van der Waals surface area contributed by atoms with Gasteiger partial charge < -0.3 is 30.6 Å². The highest BCUT2D eigenvalue weighted by Gasteiger charge is 2.46. The summed E-state index contributed by atoms with van der Waals surface area (Å²) in [5.41, 5.74) is -2.23. The molecule has 1 amide bonds. The van der Waals surface area contributed by atoms with Crippen molar-refractivity contribution < 1.29 is 52.8 Å². The largest absolute Gasteiger partial charge is 0.481 e. The second-order valence-corrected chi connectivity index (χ2v) is 9.66. The van der Waals surface area contributed by atoms with E-state index in [0.717, 1.165) is 11.1 Å². The van der Waals surface area contributed by atoms with Gasteiger partial charge in [0.1, 0.15) is 12.4 Å². The number of carboxylic acid groups (broad SMARTS) is 3. The summed E-state index contributed by atoms with van der Waals surface area (Å²) >= 11 is 0. The molecule has 220 valence electrons. The number of fused-ring (bicyclic) bond motifs is 1. The van der Waals surface area contributed by atoms with Gasteiger partial charge in [0.2, 0.25) is 5.91 Å². The number of amides is 1. The van der Waals surface area contributed by atoms with Crippen LogP contribution in [-0.2, 0) is 25.7 Å². The summed E-state index contributed by atoms with van der Waals surface area (Å²) in [6.45, 7) is 2.40. The quantitative estimate of drug-likeness (QED) is 0.306. The normalized spacial score (nSPS) is 20.6. The van der Waals surface area contributed by atoms with Crippen LogP contribution in [0.5, 0.6) is 0 Å². The number of aromatic nitrogens is 4. The molecule has 14 nitrogen and oxygen atoms in total. The molecule has 0 radical (unpaired) electrons. The van der Waals surface area contributed by atoms with Crippen LogP contribution in [0.1, 0.15) is 56.8 Å². The Labute approximate surface area is 225 Å². The van der Waals surface area contributed by atoms with E-state index in [1.807, 2.05) is 0 Å². The van der Waals surface area contributed by atoms with E-state index in [0.29, 0.717) is 24.5 Å². The van der Waals surface area contributed by atoms with Gasteiger partial charge >= 0.3 is 24.1 Å². The molecule has 1 fully saturated rings. The first-order chi connectivity index (χ1) is 18.6. The molecule has 2 aliphatic rings. The zero-order valence-electron chi connectivity index (χ0n) is 21.3. The number of nitrogens with zero attached hydrogens (tertiary/aromatic N) is 5. The standard InChI is InChI=1S/C17H21F3N6O.C6H8O7/c1-11-8-14(17(18,19)20)26-15(22-11)9-12(23-26)13-4-2-7-25(13)16(27)10-24-6-3-5-21-24;7-3(8)1-6(13,5(11)12)2-4(9)10/h3,5-6,9,11,13-14,22H,2,4,7-8,10H2,1H3;13H,1-2H2,(H,7,8)(H,9,10)(H,11,12)/t11-,13?,14-;/m1./s1. The first kappa shape index (κ1) is 30.4. The number of halogens is 3. The van der Waals surface area contributed by atoms with E-state index < -0.39 is 48.6 Å². The van der Waals surface area contributed by atoms with Crippen molar-refractivity contribution in [2.45, 2.75) is 75.5 Å². The molecule has 4 rings (SSSR count). The maximum absolute atomic E-state index is 13.4. The van der Waals surface area contributed by atoms with E-state index in [-0.39, 0.29) is 31.0 Å². The summed E-state index contributed by atoms with van der Waals surface area (Å²) in [7, 11) is 0. The summed E-state index contributed by atoms with van der Waals surface area (Å²) in [6.07, 6.45) is -1.93. The van der Waals surface area contributed by atoms with Gasteiger partial charge in [-0.25, -0.2) is 9.48 Å². The molecule has 2 aromatic rings. The Morgan fingerprint density at radius 3 is 2.30 bits per heavy atom. The number of aliphatic hydroxyl groups is 1. The number of aliphatic carboxylic acids is 3. The van der Waals surface area contributed by atoms with E-state index in [9.17, 15) is 32.3 Å². The van der Waals surface area contributed by atoms with Crippen LogP contribution in [0.2, 0.25) is 0 Å². The molecule has 0 bridgehead atoms. The minimum atomic E-state index is -4.36. The number of likely N-dealkylation sites (tertiary alicyclic amines) is 1. The van der Waals surface area contributed by atoms with Gasteiger partial charge in [-0.15, -0.1) is 0 Å². The highest BCUT2D eigenvalue weighted by Crippen LogP contribution is 2.41. The summed E-state index contributed by atoms with van der Waals surface area (Å²) < 4.78 is 42.9. The van der Waals surface area contributed by atoms with Crippen molar-refractivity contribution in [2.75, 3.05) is 11.9 Å². The Balaban J connectivity index is 0.000000289. The van der Waals surface area contributed by atoms with Gasteiger partial charge in [-0.1, -0.05) is 0 Å². The van der Waals surface area contributed by atoms with Crippen LogP contribution in [0.25, 0.3) is 0 Å². The van der Waals surface area contributed by atoms with Gasteiger partial charge in [-0.2, -0.15) is 23.4 Å². The summed E-state index contributed by atoms with van der Waals surface area (Å²) in [5, 5.41) is 45.2. The molecular weight excluding hydrogens is 545 g/mol. The van der Waals surface area contributed by atoms with Crippen molar-refractivity contribution in [1.29, 1.82) is 0 Å². The fraction of sp³-hybridized carbons (Fsp3) is 0.565. The first-order valence-electron chi connectivity index (χ1n) is 12.2. The van der Waals surface area contributed by atoms with Gasteiger partial charge in [-0.05, 0) is 32.3 Å². The number of hydrogen-bond acceptors (Lipinski definition) is 8. The number of rotatable bonds is 8. The lowest BCUT2D eigenvalue weighted by Gasteiger charge is -2.31. The van der Waals surface area contributed by atoms with Crippen molar-refractivity contribution in [3.8, 4) is 0 Å². The van der Waals surface area contributed by atoms with Gasteiger partial charge in [-0.3, -0.25) is 19.1 Å². The Bertz CT molecular complexity index is 1220. The van der Waals surface area contributed by atoms with Crippen LogP contribution in [0.15, 0.2) is 24.5 Å². The monoisotopic (exact) mass is 574 g/mol. The fourth-order valence-electron chi connectivity index (χ4n) is 4.65. The molecule has 40 heavy (non-hydrogen) atoms. The van der Waals surface area contributed by atoms with Crippen LogP contribution in [-0.4, -0.2) is 93.1 Å². The Morgan fingerprint density at radius 1 is 1.12 bits per heavy atom. The average molecular weight is 575 g/mol. The van der Waals surface area contributed by atoms with E-state index >= 15 is 0 Å². The number of hydrogen-bond donors (Lipinski definition) is 5. The maximum atomic E-state index is 13.4. The smallest absolute Gasteiger partial charge is 0.410 e. The summed E-state index contributed by atoms with van der Waals surface area (Å²) in [5.74, 6) is -4.77. The molecule has 0 aromatic carbocycles. The molecule has 5 N–H and O–H groups in total. The van der Waals surface area contributed by atoms with E-state index in [1.54, 1.807) is 41.0 Å². The molecule has 1 unspecified atom stereocenters. The third-order valence-corrected chi connectivity index (χ3v) is 6.46. The van der Waals surface area contributed by atoms with Gasteiger partial charge in [0, 0.05) is 31.0 Å². The number of carboxylic acids is 3. The number of nitrogens with one attached hydrogen (secondary N) is 1. The Morgan fingerprint density at radius 2 is 1.77 bits per heavy atom. The molecule has 0 spiro atoms. The van der Waals surface area contributed by atoms with E-state index in [2.05, 4.69) is 15.5 Å². The predicted octanol–water partition coefficient (Wildman–Crippen LogP) is 1.50. The molecule has 2 aromatic heterocycles. The Hall–Kier alpha value is -4.15. The number of carbonyl (C=O) groups is 4. The van der Waals surface area contributed by atoms with Crippen LogP contribution < -0.4 is 5.32 Å². The third-order valence-electron chi connectivity index (χ3n) is 6.46. The maximum Gasteiger partial charge on any atom is 0.410 e. The molecule has 3 atom stereocenters. The van der Waals surface area contributed by atoms with Crippen molar-refractivity contribution in [1.82, 2.24) is 24.5 Å². The zero-order chi connectivity index (χ0) is 29.8. The zero-order valence-corrected chi connectivity index (χ0v) is 21.3. The number of anilines is 1. The minimum Gasteiger partial charge on any atom is -0.481 e. The van der Waals surface area contributed by atoms with Crippen molar-refractivity contribution in [2.24, 2.45) is 0 Å². The van der Waals surface area contributed by atoms with Crippen molar-refractivity contribution in [3.05, 3.63) is 30.2 Å². The lowest BCUT2D eigenvalue weighted by Crippen LogP contribution is -2.42. The van der Waals surface area contributed by atoms with Crippen molar-refractivity contribution in [3.63, 3.8) is 0 Å².